The van der Waals surface area contributed by atoms with Gasteiger partial charge < -0.3 is 9.64 Å². The van der Waals surface area contributed by atoms with Crippen molar-refractivity contribution in [1.82, 2.24) is 0 Å². The molecule has 0 radical (unpaired) electrons. The number of hydrogen-bond donors (Lipinski definition) is 0. The smallest absolute Gasteiger partial charge is 0.331 e. The van der Waals surface area contributed by atoms with Crippen LogP contribution in [0.5, 0.6) is 0 Å². The van der Waals surface area contributed by atoms with Crippen molar-refractivity contribution in [3.8, 4) is 0 Å². The number of hydrogen-bond acceptors (Lipinski definition) is 3. The summed E-state index contributed by atoms with van der Waals surface area (Å²) in [5, 5.41) is 0. The predicted octanol–water partition coefficient (Wildman–Crippen LogP) is 3.81. The number of anilines is 1. The molecule has 0 aliphatic carbocycles. The highest BCUT2D eigenvalue weighted by atomic mass is 16.5. The third-order valence-electron chi connectivity index (χ3n) is 3.93. The monoisotopic (exact) mass is 287 g/mol. The summed E-state index contributed by atoms with van der Waals surface area (Å²) < 4.78 is 4.97. The minimum Gasteiger partial charge on any atom is -0.463 e. The zero-order valence-electron chi connectivity index (χ0n) is 13.5. The zero-order chi connectivity index (χ0) is 15.4. The Morgan fingerprint density at radius 1 is 1.43 bits per heavy atom. The fraction of sp³-hybridized carbons (Fsp3) is 0.500. The first-order valence-electron chi connectivity index (χ1n) is 7.78. The van der Waals surface area contributed by atoms with Crippen LogP contribution >= 0.6 is 0 Å². The maximum Gasteiger partial charge on any atom is 0.331 e. The molecule has 0 saturated carbocycles. The van der Waals surface area contributed by atoms with Crippen molar-refractivity contribution in [3.05, 3.63) is 35.4 Å². The van der Waals surface area contributed by atoms with E-state index in [4.69, 9.17) is 4.74 Å². The average molecular weight is 287 g/mol. The van der Waals surface area contributed by atoms with Gasteiger partial charge in [0.1, 0.15) is 0 Å². The van der Waals surface area contributed by atoms with Gasteiger partial charge in [-0.3, -0.25) is 0 Å². The molecule has 3 nitrogen and oxygen atoms in total. The largest absolute Gasteiger partial charge is 0.463 e. The molecule has 1 heterocycles. The summed E-state index contributed by atoms with van der Waals surface area (Å²) in [6, 6.07) is 7.03. The van der Waals surface area contributed by atoms with Crippen LogP contribution < -0.4 is 4.90 Å². The van der Waals surface area contributed by atoms with Crippen LogP contribution in [-0.4, -0.2) is 25.2 Å². The molecule has 0 amide bonds. The van der Waals surface area contributed by atoms with Crippen LogP contribution in [0.3, 0.4) is 0 Å². The molecule has 0 saturated heterocycles. The number of aryl methyl sites for hydroxylation is 1. The summed E-state index contributed by atoms with van der Waals surface area (Å²) in [7, 11) is 0. The predicted molar refractivity (Wildman–Crippen MR) is 87.5 cm³/mol. The first kappa shape index (κ1) is 15.6. The van der Waals surface area contributed by atoms with Gasteiger partial charge in [0.15, 0.2) is 0 Å². The molecule has 1 aromatic rings. The number of fused-ring (bicyclic) bond motifs is 1. The summed E-state index contributed by atoms with van der Waals surface area (Å²) in [6.07, 6.45) is 3.88. The highest BCUT2D eigenvalue weighted by molar-refractivity contribution is 5.91. The van der Waals surface area contributed by atoms with Gasteiger partial charge >= 0.3 is 5.97 Å². The molecular formula is C18H25NO2. The van der Waals surface area contributed by atoms with E-state index < -0.39 is 0 Å². The van der Waals surface area contributed by atoms with Crippen LogP contribution in [0.4, 0.5) is 5.69 Å². The van der Waals surface area contributed by atoms with Crippen molar-refractivity contribution in [2.24, 2.45) is 0 Å². The fourth-order valence-corrected chi connectivity index (χ4v) is 2.85. The maximum atomic E-state index is 11.6. The number of carbonyl (C=O) groups excluding carboxylic acids is 1. The molecule has 1 aromatic carbocycles. The van der Waals surface area contributed by atoms with Gasteiger partial charge in [-0.25, -0.2) is 4.79 Å². The van der Waals surface area contributed by atoms with Crippen molar-refractivity contribution in [2.45, 2.75) is 46.6 Å². The second-order valence-corrected chi connectivity index (χ2v) is 5.81. The van der Waals surface area contributed by atoms with E-state index >= 15 is 0 Å². The molecular weight excluding hydrogens is 262 g/mol. The van der Waals surface area contributed by atoms with Crippen molar-refractivity contribution in [1.29, 1.82) is 0 Å². The van der Waals surface area contributed by atoms with Crippen LogP contribution in [0.2, 0.25) is 0 Å². The number of rotatable bonds is 4. The molecule has 2 rings (SSSR count). The quantitative estimate of drug-likeness (QED) is 0.623. The fourth-order valence-electron chi connectivity index (χ4n) is 2.85. The third-order valence-corrected chi connectivity index (χ3v) is 3.93. The Morgan fingerprint density at radius 3 is 2.86 bits per heavy atom. The molecule has 1 aliphatic rings. The van der Waals surface area contributed by atoms with Gasteiger partial charge in [-0.05, 0) is 69.4 Å². The lowest BCUT2D eigenvalue weighted by Crippen LogP contribution is -2.35. The number of benzene rings is 1. The Kier molecular flexibility index (Phi) is 5.05. The van der Waals surface area contributed by atoms with E-state index in [0.29, 0.717) is 12.6 Å². The molecule has 0 aromatic heterocycles. The molecule has 0 bridgehead atoms. The second-order valence-electron chi connectivity index (χ2n) is 5.81. The molecule has 0 atom stereocenters. The SMILES string of the molecule is CCOC(=O)/C=C(/C)c1ccc2c(c1)CCCN2C(C)C. The number of nitrogens with zero attached hydrogens (tertiary/aromatic N) is 1. The van der Waals surface area contributed by atoms with Crippen LogP contribution in [0.25, 0.3) is 5.57 Å². The molecule has 0 fully saturated rings. The van der Waals surface area contributed by atoms with Crippen LogP contribution in [0, 0.1) is 0 Å². The molecule has 3 heteroatoms. The van der Waals surface area contributed by atoms with Crippen LogP contribution in [0.15, 0.2) is 24.3 Å². The second kappa shape index (κ2) is 6.79. The molecule has 21 heavy (non-hydrogen) atoms. The van der Waals surface area contributed by atoms with Crippen LogP contribution in [-0.2, 0) is 16.0 Å². The first-order chi connectivity index (χ1) is 10.0. The van der Waals surface area contributed by atoms with Gasteiger partial charge in [0.25, 0.3) is 0 Å². The number of esters is 1. The lowest BCUT2D eigenvalue weighted by molar-refractivity contribution is -0.137. The summed E-state index contributed by atoms with van der Waals surface area (Å²) in [6.45, 7) is 9.78. The topological polar surface area (TPSA) is 29.5 Å². The third kappa shape index (κ3) is 3.66. The van der Waals surface area contributed by atoms with E-state index in [0.717, 1.165) is 24.1 Å². The average Bonchev–Trinajstić information content (AvgIpc) is 2.46. The Morgan fingerprint density at radius 2 is 2.19 bits per heavy atom. The number of carbonyl (C=O) groups is 1. The zero-order valence-corrected chi connectivity index (χ0v) is 13.5. The standard InChI is InChI=1S/C18H25NO2/c1-5-21-18(20)11-14(4)15-8-9-17-16(12-15)7-6-10-19(17)13(2)3/h8-9,11-13H,5-7,10H2,1-4H3/b14-11-. The lowest BCUT2D eigenvalue weighted by Gasteiger charge is -2.35. The lowest BCUT2D eigenvalue weighted by atomic mass is 9.95. The maximum absolute atomic E-state index is 11.6. The summed E-state index contributed by atoms with van der Waals surface area (Å²) in [5.74, 6) is -0.267. The molecule has 0 N–H and O–H groups in total. The first-order valence-corrected chi connectivity index (χ1v) is 7.78. The van der Waals surface area contributed by atoms with Crippen molar-refractivity contribution < 1.29 is 9.53 Å². The van der Waals surface area contributed by atoms with Crippen molar-refractivity contribution in [3.63, 3.8) is 0 Å². The van der Waals surface area contributed by atoms with Gasteiger partial charge in [0, 0.05) is 24.4 Å². The minimum absolute atomic E-state index is 0.267. The van der Waals surface area contributed by atoms with Gasteiger partial charge in [-0.1, -0.05) is 6.07 Å². The summed E-state index contributed by atoms with van der Waals surface area (Å²) in [4.78, 5) is 14.0. The number of ether oxygens (including phenoxy) is 1. The van der Waals surface area contributed by atoms with E-state index in [9.17, 15) is 4.79 Å². The highest BCUT2D eigenvalue weighted by Crippen LogP contribution is 2.31. The van der Waals surface area contributed by atoms with Crippen molar-refractivity contribution >= 4 is 17.2 Å². The minimum atomic E-state index is -0.267. The van der Waals surface area contributed by atoms with Crippen molar-refractivity contribution in [2.75, 3.05) is 18.1 Å². The summed E-state index contributed by atoms with van der Waals surface area (Å²) in [5.41, 5.74) is 4.78. The molecule has 0 spiro atoms. The Labute approximate surface area is 127 Å². The van der Waals surface area contributed by atoms with E-state index in [1.54, 1.807) is 6.08 Å². The van der Waals surface area contributed by atoms with E-state index in [1.807, 2.05) is 13.8 Å². The van der Waals surface area contributed by atoms with E-state index in [2.05, 4.69) is 36.9 Å². The van der Waals surface area contributed by atoms with Crippen LogP contribution in [0.1, 0.15) is 45.2 Å². The van der Waals surface area contributed by atoms with E-state index in [1.165, 1.54) is 17.7 Å². The Bertz CT molecular complexity index is 546. The summed E-state index contributed by atoms with van der Waals surface area (Å²) >= 11 is 0. The molecule has 114 valence electrons. The van der Waals surface area contributed by atoms with Gasteiger partial charge in [0.2, 0.25) is 0 Å². The normalized spacial score (nSPS) is 15.1. The highest BCUT2D eigenvalue weighted by Gasteiger charge is 2.19. The van der Waals surface area contributed by atoms with Gasteiger partial charge in [-0.2, -0.15) is 0 Å². The Balaban J connectivity index is 2.27. The van der Waals surface area contributed by atoms with Gasteiger partial charge in [0.05, 0.1) is 6.61 Å². The number of allylic oxidation sites excluding steroid dienone is 1. The molecule has 1 aliphatic heterocycles. The van der Waals surface area contributed by atoms with E-state index in [-0.39, 0.29) is 5.97 Å². The van der Waals surface area contributed by atoms with Gasteiger partial charge in [-0.15, -0.1) is 0 Å². The Hall–Kier alpha value is -1.77. The molecule has 0 unspecified atom stereocenters.